The number of carbonyl (C=O) groups is 3. The van der Waals surface area contributed by atoms with Gasteiger partial charge in [-0.3, -0.25) is 14.6 Å². The molecule has 214 valence electrons. The van der Waals surface area contributed by atoms with Crippen LogP contribution in [0.3, 0.4) is 0 Å². The number of nitrogens with zero attached hydrogens (tertiary/aromatic N) is 5. The zero-order valence-electron chi connectivity index (χ0n) is 23.9. The summed E-state index contributed by atoms with van der Waals surface area (Å²) in [5.74, 6) is -0.281. The van der Waals surface area contributed by atoms with Crippen LogP contribution in [0, 0.1) is 0 Å². The number of hydrogen-bond donors (Lipinski definition) is 1. The molecule has 9 nitrogen and oxygen atoms in total. The smallest absolute Gasteiger partial charge is 0.332 e. The Bertz CT molecular complexity index is 1370. The van der Waals surface area contributed by atoms with Gasteiger partial charge in [-0.15, -0.1) is 0 Å². The Kier molecular flexibility index (Phi) is 8.54. The molecule has 9 heteroatoms. The van der Waals surface area contributed by atoms with Crippen LogP contribution in [0.2, 0.25) is 0 Å². The van der Waals surface area contributed by atoms with Crippen molar-refractivity contribution >= 4 is 23.5 Å². The lowest BCUT2D eigenvalue weighted by Gasteiger charge is -2.46. The number of anilines is 1. The van der Waals surface area contributed by atoms with Crippen LogP contribution >= 0.6 is 0 Å². The minimum atomic E-state index is -0.764. The standard InChI is InChI=1S/C32H38N6O3/c1-4-18-36(32(41)33-20-24-12-7-5-8-13-24)37-23-29(39)38-28(37)22-35(21-25-14-11-17-27(19-25)34(2)3)31(40)30(38)26-15-9-6-10-16-26/h5-17,19,28,30H,4,18,20-23H2,1-3H3,(H,33,41)/t28-,30+/m1/s1. The number of urea groups is 1. The average Bonchev–Trinajstić information content (AvgIpc) is 3.31. The van der Waals surface area contributed by atoms with E-state index in [2.05, 4.69) is 11.4 Å². The number of fused-ring (bicyclic) bond motifs is 1. The molecule has 1 N–H and O–H groups in total. The lowest BCUT2D eigenvalue weighted by Crippen LogP contribution is -2.62. The molecule has 0 spiro atoms. The first-order valence-electron chi connectivity index (χ1n) is 14.1. The summed E-state index contributed by atoms with van der Waals surface area (Å²) in [5, 5.41) is 6.51. The van der Waals surface area contributed by atoms with Gasteiger partial charge < -0.3 is 20.0 Å². The van der Waals surface area contributed by atoms with E-state index < -0.39 is 12.2 Å². The number of carbonyl (C=O) groups excluding carboxylic acids is 3. The lowest BCUT2D eigenvalue weighted by molar-refractivity contribution is -0.158. The van der Waals surface area contributed by atoms with Crippen LogP contribution in [-0.2, 0) is 22.7 Å². The fraction of sp³-hybridized carbons (Fsp3) is 0.344. The monoisotopic (exact) mass is 554 g/mol. The van der Waals surface area contributed by atoms with Gasteiger partial charge in [-0.25, -0.2) is 4.79 Å². The van der Waals surface area contributed by atoms with Crippen molar-refractivity contribution in [3.8, 4) is 0 Å². The molecule has 2 fully saturated rings. The van der Waals surface area contributed by atoms with Gasteiger partial charge >= 0.3 is 6.03 Å². The minimum absolute atomic E-state index is 0.0317. The van der Waals surface area contributed by atoms with Gasteiger partial charge in [0.1, 0.15) is 12.2 Å². The molecule has 3 aromatic rings. The van der Waals surface area contributed by atoms with Gasteiger partial charge in [-0.05, 0) is 35.2 Å². The summed E-state index contributed by atoms with van der Waals surface area (Å²) in [6, 6.07) is 26.3. The topological polar surface area (TPSA) is 79.4 Å². The highest BCUT2D eigenvalue weighted by Gasteiger charge is 2.52. The maximum Gasteiger partial charge on any atom is 0.332 e. The Morgan fingerprint density at radius 3 is 2.29 bits per heavy atom. The maximum absolute atomic E-state index is 14.0. The number of amides is 4. The quantitative estimate of drug-likeness (QED) is 0.435. The molecule has 5 rings (SSSR count). The summed E-state index contributed by atoms with van der Waals surface area (Å²) in [7, 11) is 3.98. The molecule has 0 unspecified atom stereocenters. The second kappa shape index (κ2) is 12.4. The fourth-order valence-electron chi connectivity index (χ4n) is 5.62. The van der Waals surface area contributed by atoms with Gasteiger partial charge in [0.05, 0.1) is 13.1 Å². The first-order valence-corrected chi connectivity index (χ1v) is 14.1. The largest absolute Gasteiger partial charge is 0.378 e. The summed E-state index contributed by atoms with van der Waals surface area (Å²) in [4.78, 5) is 46.7. The Morgan fingerprint density at radius 2 is 1.61 bits per heavy atom. The summed E-state index contributed by atoms with van der Waals surface area (Å²) in [6.45, 7) is 3.58. The molecule has 0 bridgehead atoms. The van der Waals surface area contributed by atoms with Gasteiger partial charge in [-0.2, -0.15) is 5.01 Å². The van der Waals surface area contributed by atoms with Gasteiger partial charge in [0, 0.05) is 39.4 Å². The molecule has 3 aromatic carbocycles. The predicted octanol–water partition coefficient (Wildman–Crippen LogP) is 3.84. The number of hydrogen-bond acceptors (Lipinski definition) is 5. The molecule has 2 aliphatic rings. The van der Waals surface area contributed by atoms with E-state index >= 15 is 0 Å². The Morgan fingerprint density at radius 1 is 0.927 bits per heavy atom. The van der Waals surface area contributed by atoms with Crippen molar-refractivity contribution < 1.29 is 14.4 Å². The van der Waals surface area contributed by atoms with E-state index in [1.807, 2.05) is 115 Å². The fourth-order valence-corrected chi connectivity index (χ4v) is 5.62. The SMILES string of the molecule is CCCN(C(=O)NCc1ccccc1)N1CC(=O)N2[C@@H](c3ccccc3)C(=O)N(Cc3cccc(N(C)C)c3)C[C@@H]21. The number of rotatable bonds is 9. The zero-order valence-corrected chi connectivity index (χ0v) is 23.9. The molecule has 0 saturated carbocycles. The molecule has 2 aliphatic heterocycles. The van der Waals surface area contributed by atoms with Crippen LogP contribution in [0.15, 0.2) is 84.9 Å². The molecule has 4 amide bonds. The average molecular weight is 555 g/mol. The zero-order chi connectivity index (χ0) is 28.9. The van der Waals surface area contributed by atoms with Gasteiger partial charge in [-0.1, -0.05) is 79.7 Å². The van der Waals surface area contributed by atoms with Crippen molar-refractivity contribution in [3.63, 3.8) is 0 Å². The maximum atomic E-state index is 14.0. The van der Waals surface area contributed by atoms with Crippen molar-refractivity contribution in [3.05, 3.63) is 102 Å². The molecular formula is C32H38N6O3. The third kappa shape index (κ3) is 6.05. The van der Waals surface area contributed by atoms with Crippen LogP contribution in [0.4, 0.5) is 10.5 Å². The number of benzene rings is 3. The molecule has 0 radical (unpaired) electrons. The summed E-state index contributed by atoms with van der Waals surface area (Å²) in [6.07, 6.45) is 0.245. The molecule has 2 saturated heterocycles. The van der Waals surface area contributed by atoms with E-state index in [1.54, 1.807) is 9.91 Å². The summed E-state index contributed by atoms with van der Waals surface area (Å²) in [5.41, 5.74) is 3.82. The van der Waals surface area contributed by atoms with E-state index in [-0.39, 0.29) is 24.4 Å². The van der Waals surface area contributed by atoms with Crippen LogP contribution in [0.5, 0.6) is 0 Å². The van der Waals surface area contributed by atoms with Crippen LogP contribution in [-0.4, -0.2) is 77.6 Å². The third-order valence-electron chi connectivity index (χ3n) is 7.64. The molecule has 2 atom stereocenters. The van der Waals surface area contributed by atoms with Crippen molar-refractivity contribution in [1.29, 1.82) is 0 Å². The second-order valence-corrected chi connectivity index (χ2v) is 10.7. The minimum Gasteiger partial charge on any atom is -0.378 e. The Labute approximate surface area is 241 Å². The summed E-state index contributed by atoms with van der Waals surface area (Å²) >= 11 is 0. The summed E-state index contributed by atoms with van der Waals surface area (Å²) < 4.78 is 0. The van der Waals surface area contributed by atoms with Crippen LogP contribution < -0.4 is 10.2 Å². The first kappa shape index (κ1) is 28.2. The van der Waals surface area contributed by atoms with Crippen molar-refractivity contribution in [2.24, 2.45) is 0 Å². The van der Waals surface area contributed by atoms with E-state index in [9.17, 15) is 14.4 Å². The Balaban J connectivity index is 1.45. The number of nitrogens with one attached hydrogen (secondary N) is 1. The van der Waals surface area contributed by atoms with Gasteiger partial charge in [0.25, 0.3) is 5.91 Å². The highest BCUT2D eigenvalue weighted by Crippen LogP contribution is 2.36. The van der Waals surface area contributed by atoms with Gasteiger partial charge in [0.15, 0.2) is 0 Å². The highest BCUT2D eigenvalue weighted by atomic mass is 16.2. The second-order valence-electron chi connectivity index (χ2n) is 10.7. The van der Waals surface area contributed by atoms with Crippen molar-refractivity contribution in [2.45, 2.75) is 38.6 Å². The predicted molar refractivity (Wildman–Crippen MR) is 158 cm³/mol. The van der Waals surface area contributed by atoms with E-state index in [1.165, 1.54) is 0 Å². The van der Waals surface area contributed by atoms with Crippen LogP contribution in [0.25, 0.3) is 0 Å². The van der Waals surface area contributed by atoms with Crippen molar-refractivity contribution in [1.82, 2.24) is 25.1 Å². The first-order chi connectivity index (χ1) is 19.9. The molecule has 0 aromatic heterocycles. The van der Waals surface area contributed by atoms with E-state index in [0.29, 0.717) is 26.2 Å². The van der Waals surface area contributed by atoms with E-state index in [4.69, 9.17) is 0 Å². The Hall–Kier alpha value is -4.37. The lowest BCUT2D eigenvalue weighted by atomic mass is 10.00. The molecule has 2 heterocycles. The van der Waals surface area contributed by atoms with Crippen LogP contribution in [0.1, 0.15) is 36.1 Å². The molecule has 41 heavy (non-hydrogen) atoms. The highest BCUT2D eigenvalue weighted by molar-refractivity contribution is 5.92. The molecular weight excluding hydrogens is 516 g/mol. The molecule has 0 aliphatic carbocycles. The normalized spacial score (nSPS) is 18.8. The van der Waals surface area contributed by atoms with E-state index in [0.717, 1.165) is 28.8 Å². The third-order valence-corrected chi connectivity index (χ3v) is 7.64. The number of piperazine rings is 1. The number of hydrazine groups is 1. The van der Waals surface area contributed by atoms with Crippen molar-refractivity contribution in [2.75, 3.05) is 38.6 Å². The van der Waals surface area contributed by atoms with Gasteiger partial charge in [0.2, 0.25) is 5.91 Å².